The van der Waals surface area contributed by atoms with E-state index in [0.29, 0.717) is 56.3 Å². The molecule has 3 heterocycles. The molecule has 0 saturated carbocycles. The van der Waals surface area contributed by atoms with E-state index in [0.717, 1.165) is 6.20 Å². The van der Waals surface area contributed by atoms with E-state index in [4.69, 9.17) is 0 Å². The summed E-state index contributed by atoms with van der Waals surface area (Å²) in [5.74, 6) is -1.62. The zero-order valence-electron chi connectivity index (χ0n) is 25.4. The number of nitrogens with one attached hydrogen (secondary N) is 2. The van der Waals surface area contributed by atoms with Crippen LogP contribution in [-0.2, 0) is 11.0 Å². The van der Waals surface area contributed by atoms with Crippen LogP contribution in [0.3, 0.4) is 0 Å². The topological polar surface area (TPSA) is 88.7 Å². The Morgan fingerprint density at radius 3 is 2.28 bits per heavy atom. The van der Waals surface area contributed by atoms with Crippen molar-refractivity contribution in [1.82, 2.24) is 14.8 Å². The van der Waals surface area contributed by atoms with Crippen molar-refractivity contribution in [3.8, 4) is 0 Å². The molecule has 2 atom stereocenters. The molecule has 2 aliphatic heterocycles. The van der Waals surface area contributed by atoms with Crippen LogP contribution in [0.15, 0.2) is 35.3 Å². The molecular weight excluding hydrogens is 566 g/mol. The Labute approximate surface area is 248 Å². The van der Waals surface area contributed by atoms with Crippen LogP contribution < -0.4 is 15.8 Å². The molecule has 1 aromatic heterocycles. The van der Waals surface area contributed by atoms with Crippen molar-refractivity contribution in [2.75, 3.05) is 43.4 Å². The number of halogens is 4. The molecule has 234 valence electrons. The van der Waals surface area contributed by atoms with Crippen molar-refractivity contribution < 1.29 is 27.2 Å². The summed E-state index contributed by atoms with van der Waals surface area (Å²) in [6.45, 7) is 11.7. The zero-order chi connectivity index (χ0) is 31.9. The first-order valence-corrected chi connectivity index (χ1v) is 14.3. The van der Waals surface area contributed by atoms with Crippen molar-refractivity contribution in [2.45, 2.75) is 65.7 Å². The second kappa shape index (κ2) is 12.1. The highest BCUT2D eigenvalue weighted by molar-refractivity contribution is 6.07. The number of benzene rings is 1. The number of aromatic nitrogens is 1. The van der Waals surface area contributed by atoms with Crippen LogP contribution in [0.25, 0.3) is 5.57 Å². The number of pyridine rings is 1. The Balaban J connectivity index is 1.72. The summed E-state index contributed by atoms with van der Waals surface area (Å²) in [5.41, 5.74) is -1.95. The number of amides is 2. The predicted molar refractivity (Wildman–Crippen MR) is 159 cm³/mol. The second-order valence-corrected chi connectivity index (χ2v) is 12.8. The summed E-state index contributed by atoms with van der Waals surface area (Å²) >= 11 is 0. The van der Waals surface area contributed by atoms with Gasteiger partial charge in [-0.1, -0.05) is 26.8 Å². The second-order valence-electron chi connectivity index (χ2n) is 12.8. The number of hydrogen-bond donors (Lipinski definition) is 2. The smallest absolute Gasteiger partial charge is 0.367 e. The lowest BCUT2D eigenvalue weighted by Crippen LogP contribution is -2.55. The third-order valence-electron chi connectivity index (χ3n) is 8.10. The number of likely N-dealkylation sites (N-methyl/N-ethyl adjacent to an activating group) is 1. The monoisotopic (exact) mass is 605 g/mol. The van der Waals surface area contributed by atoms with Crippen LogP contribution in [0.2, 0.25) is 0 Å². The maximum atomic E-state index is 15.8. The van der Waals surface area contributed by atoms with Gasteiger partial charge in [0, 0.05) is 62.5 Å². The number of rotatable bonds is 5. The third kappa shape index (κ3) is 7.46. The molecule has 12 heteroatoms. The Morgan fingerprint density at radius 2 is 1.72 bits per heavy atom. The minimum absolute atomic E-state index is 0.00579. The van der Waals surface area contributed by atoms with Crippen molar-refractivity contribution >= 4 is 28.8 Å². The van der Waals surface area contributed by atoms with E-state index in [2.05, 4.69) is 15.2 Å². The Kier molecular flexibility index (Phi) is 9.10. The van der Waals surface area contributed by atoms with E-state index >= 15 is 4.39 Å². The number of hydrogen-bond acceptors (Lipinski definition) is 5. The first kappa shape index (κ1) is 32.2. The van der Waals surface area contributed by atoms with Crippen molar-refractivity contribution in [1.29, 1.82) is 0 Å². The lowest BCUT2D eigenvalue weighted by atomic mass is 9.91. The molecule has 1 aromatic carbocycles. The maximum absolute atomic E-state index is 15.8. The zero-order valence-corrected chi connectivity index (χ0v) is 25.4. The van der Waals surface area contributed by atoms with E-state index in [-0.39, 0.29) is 34.7 Å². The van der Waals surface area contributed by atoms with E-state index < -0.39 is 34.6 Å². The van der Waals surface area contributed by atoms with Gasteiger partial charge in [0.2, 0.25) is 11.5 Å². The highest BCUT2D eigenvalue weighted by atomic mass is 19.4. The Hall–Kier alpha value is -3.67. The van der Waals surface area contributed by atoms with Gasteiger partial charge < -0.3 is 20.1 Å². The lowest BCUT2D eigenvalue weighted by molar-refractivity contribution is -0.138. The summed E-state index contributed by atoms with van der Waals surface area (Å²) in [7, 11) is 1.99. The fraction of sp³-hybridized carbons (Fsp3) is 0.516. The number of nitrogens with zero attached hydrogens (tertiary/aromatic N) is 3. The molecule has 2 amide bonds. The van der Waals surface area contributed by atoms with Crippen LogP contribution in [0.5, 0.6) is 0 Å². The molecule has 0 spiro atoms. The summed E-state index contributed by atoms with van der Waals surface area (Å²) in [6.07, 6.45) is -1.68. The average Bonchev–Trinajstić information content (AvgIpc) is 2.90. The number of piperazine rings is 1. The molecular formula is C31H39F4N5O3. The van der Waals surface area contributed by atoms with Gasteiger partial charge in [0.25, 0.3) is 5.91 Å². The van der Waals surface area contributed by atoms with E-state index in [9.17, 15) is 27.6 Å². The highest BCUT2D eigenvalue weighted by Crippen LogP contribution is 2.37. The van der Waals surface area contributed by atoms with Crippen molar-refractivity contribution in [3.05, 3.63) is 63.3 Å². The quantitative estimate of drug-likeness (QED) is 0.448. The molecule has 4 rings (SSSR count). The van der Waals surface area contributed by atoms with Crippen LogP contribution in [-0.4, -0.2) is 71.9 Å². The van der Waals surface area contributed by atoms with Crippen LogP contribution in [0, 0.1) is 11.2 Å². The minimum Gasteiger partial charge on any atom is -0.367 e. The summed E-state index contributed by atoms with van der Waals surface area (Å²) in [5, 5.41) is 2.58. The number of carbonyl (C=O) groups is 2. The molecule has 1 saturated heterocycles. The average molecular weight is 606 g/mol. The van der Waals surface area contributed by atoms with Gasteiger partial charge in [-0.25, -0.2) is 4.39 Å². The van der Waals surface area contributed by atoms with Gasteiger partial charge in [-0.2, -0.15) is 13.2 Å². The van der Waals surface area contributed by atoms with E-state index in [1.165, 1.54) is 12.1 Å². The largest absolute Gasteiger partial charge is 0.417 e. The third-order valence-corrected chi connectivity index (χ3v) is 8.10. The fourth-order valence-corrected chi connectivity index (χ4v) is 5.56. The molecule has 2 N–H and O–H groups in total. The van der Waals surface area contributed by atoms with Gasteiger partial charge >= 0.3 is 6.18 Å². The number of anilines is 2. The number of H-pyrrole nitrogens is 1. The summed E-state index contributed by atoms with van der Waals surface area (Å²) in [6, 6.07) is 3.28. The van der Waals surface area contributed by atoms with Gasteiger partial charge in [-0.05, 0) is 50.4 Å². The van der Waals surface area contributed by atoms with Gasteiger partial charge in [0.1, 0.15) is 5.82 Å². The molecule has 0 bridgehead atoms. The number of alkyl halides is 3. The standard InChI is InChI=1S/C31H39F4N5O3/c1-18-16-40(17-19(2)38(18)6)26-13-24(32)21(20-7-9-39(10-8-20)28(42)14-30(3,4)5)11-25(26)37-29(43)22-15-36-27(41)12-23(22)31(33,34)35/h7,11-13,15,18-19H,8-10,14,16-17H2,1-6H3,(H,36,41)(H,37,43)/t18-,19+. The SMILES string of the molecule is C[C@@H]1CN(c2cc(F)c(C3=CCN(C(=O)CC(C)(C)C)CC3)cc2NC(=O)c2c[nH]c(=O)cc2C(F)(F)F)C[C@H](C)N1C. The highest BCUT2D eigenvalue weighted by Gasteiger charge is 2.36. The minimum atomic E-state index is -4.94. The molecule has 0 radical (unpaired) electrons. The maximum Gasteiger partial charge on any atom is 0.417 e. The normalized spacial score (nSPS) is 20.2. The van der Waals surface area contributed by atoms with E-state index in [1.807, 2.05) is 46.6 Å². The molecule has 1 fully saturated rings. The predicted octanol–water partition coefficient (Wildman–Crippen LogP) is 5.37. The van der Waals surface area contributed by atoms with Crippen LogP contribution in [0.4, 0.5) is 28.9 Å². The van der Waals surface area contributed by atoms with Gasteiger partial charge in [0.05, 0.1) is 22.5 Å². The Morgan fingerprint density at radius 1 is 1.07 bits per heavy atom. The first-order valence-electron chi connectivity index (χ1n) is 14.3. The lowest BCUT2D eigenvalue weighted by Gasteiger charge is -2.44. The van der Waals surface area contributed by atoms with Crippen LogP contribution in [0.1, 0.15) is 68.9 Å². The molecule has 43 heavy (non-hydrogen) atoms. The number of carbonyl (C=O) groups excluding carboxylic acids is 2. The molecule has 2 aromatic rings. The molecule has 8 nitrogen and oxygen atoms in total. The fourth-order valence-electron chi connectivity index (χ4n) is 5.56. The molecule has 2 aliphatic rings. The summed E-state index contributed by atoms with van der Waals surface area (Å²) in [4.78, 5) is 45.6. The Bertz CT molecular complexity index is 1470. The molecule has 0 unspecified atom stereocenters. The first-order chi connectivity index (χ1) is 19.9. The number of aromatic amines is 1. The van der Waals surface area contributed by atoms with Gasteiger partial charge in [-0.15, -0.1) is 0 Å². The van der Waals surface area contributed by atoms with E-state index in [1.54, 1.807) is 11.0 Å². The van der Waals surface area contributed by atoms with Crippen molar-refractivity contribution in [3.63, 3.8) is 0 Å². The van der Waals surface area contributed by atoms with Gasteiger partial charge in [-0.3, -0.25) is 19.3 Å². The summed E-state index contributed by atoms with van der Waals surface area (Å²) < 4.78 is 57.0. The van der Waals surface area contributed by atoms with Crippen molar-refractivity contribution in [2.24, 2.45) is 5.41 Å². The van der Waals surface area contributed by atoms with Gasteiger partial charge in [0.15, 0.2) is 0 Å². The van der Waals surface area contributed by atoms with Crippen LogP contribution >= 0.6 is 0 Å². The molecule has 0 aliphatic carbocycles.